The van der Waals surface area contributed by atoms with Gasteiger partial charge in [-0.1, -0.05) is 60.7 Å². The second kappa shape index (κ2) is 9.88. The molecule has 0 aliphatic heterocycles. The molecule has 0 fully saturated rings. The first-order valence-electron chi connectivity index (χ1n) is 11.4. The number of pyridine rings is 1. The van der Waals surface area contributed by atoms with Crippen LogP contribution in [0.3, 0.4) is 0 Å². The van der Waals surface area contributed by atoms with E-state index in [0.29, 0.717) is 39.2 Å². The highest BCUT2D eigenvalue weighted by Crippen LogP contribution is 2.33. The molecule has 0 N–H and O–H groups in total. The number of ketones is 1. The zero-order valence-corrected chi connectivity index (χ0v) is 19.9. The van der Waals surface area contributed by atoms with Gasteiger partial charge in [-0.05, 0) is 41.1 Å². The maximum atomic E-state index is 13.2. The molecule has 0 saturated heterocycles. The number of ether oxygens (including phenoxy) is 3. The Kier molecular flexibility index (Phi) is 6.33. The van der Waals surface area contributed by atoms with E-state index in [9.17, 15) is 9.59 Å². The van der Waals surface area contributed by atoms with E-state index in [4.69, 9.17) is 19.2 Å². The van der Waals surface area contributed by atoms with Crippen molar-refractivity contribution in [1.29, 1.82) is 0 Å². The number of hydrogen-bond donors (Lipinski definition) is 0. The molecule has 4 aromatic carbocycles. The van der Waals surface area contributed by atoms with Crippen LogP contribution in [0.4, 0.5) is 0 Å². The Hall–Kier alpha value is -4.71. The van der Waals surface area contributed by atoms with Crippen molar-refractivity contribution in [3.63, 3.8) is 0 Å². The molecule has 36 heavy (non-hydrogen) atoms. The summed E-state index contributed by atoms with van der Waals surface area (Å²) in [4.78, 5) is 30.9. The molecule has 6 heteroatoms. The lowest BCUT2D eigenvalue weighted by atomic mass is 10.0. The number of para-hydroxylation sites is 1. The van der Waals surface area contributed by atoms with Gasteiger partial charge in [0.05, 0.1) is 31.0 Å². The summed E-state index contributed by atoms with van der Waals surface area (Å²) >= 11 is 0. The Morgan fingerprint density at radius 2 is 1.44 bits per heavy atom. The first-order chi connectivity index (χ1) is 17.6. The molecule has 5 rings (SSSR count). The summed E-state index contributed by atoms with van der Waals surface area (Å²) in [5.74, 6) is 0.283. The van der Waals surface area contributed by atoms with E-state index in [2.05, 4.69) is 0 Å². The highest BCUT2D eigenvalue weighted by molar-refractivity contribution is 6.10. The van der Waals surface area contributed by atoms with Crippen LogP contribution >= 0.6 is 0 Å². The lowest BCUT2D eigenvalue weighted by Gasteiger charge is -2.12. The molecular formula is C30H23NO5. The van der Waals surface area contributed by atoms with Crippen LogP contribution in [0.15, 0.2) is 91.0 Å². The van der Waals surface area contributed by atoms with E-state index < -0.39 is 5.97 Å². The van der Waals surface area contributed by atoms with Crippen LogP contribution in [0.2, 0.25) is 0 Å². The number of aromatic nitrogens is 1. The third-order valence-electron chi connectivity index (χ3n) is 6.04. The largest absolute Gasteiger partial charge is 0.493 e. The van der Waals surface area contributed by atoms with Gasteiger partial charge in [-0.15, -0.1) is 0 Å². The summed E-state index contributed by atoms with van der Waals surface area (Å²) < 4.78 is 16.3. The number of carbonyl (C=O) groups excluding carboxylic acids is 2. The first-order valence-corrected chi connectivity index (χ1v) is 11.4. The van der Waals surface area contributed by atoms with E-state index in [1.807, 2.05) is 66.7 Å². The van der Waals surface area contributed by atoms with Crippen molar-refractivity contribution in [2.45, 2.75) is 0 Å². The van der Waals surface area contributed by atoms with Crippen molar-refractivity contribution < 1.29 is 23.8 Å². The Bertz CT molecular complexity index is 1600. The van der Waals surface area contributed by atoms with Crippen LogP contribution in [-0.4, -0.2) is 37.6 Å². The van der Waals surface area contributed by atoms with Gasteiger partial charge in [0.1, 0.15) is 0 Å². The van der Waals surface area contributed by atoms with Crippen molar-refractivity contribution in [3.8, 4) is 22.8 Å². The smallest absolute Gasteiger partial charge is 0.339 e. The molecule has 0 atom stereocenters. The van der Waals surface area contributed by atoms with Gasteiger partial charge in [0.25, 0.3) is 0 Å². The molecule has 0 unspecified atom stereocenters. The Morgan fingerprint density at radius 1 is 0.722 bits per heavy atom. The number of esters is 1. The van der Waals surface area contributed by atoms with Gasteiger partial charge < -0.3 is 14.2 Å². The zero-order chi connectivity index (χ0) is 25.1. The van der Waals surface area contributed by atoms with Crippen molar-refractivity contribution in [1.82, 2.24) is 4.98 Å². The number of rotatable bonds is 7. The fourth-order valence-corrected chi connectivity index (χ4v) is 4.24. The summed E-state index contributed by atoms with van der Waals surface area (Å²) in [5, 5.41) is 2.42. The van der Waals surface area contributed by atoms with E-state index in [-0.39, 0.29) is 12.4 Å². The number of fused-ring (bicyclic) bond motifs is 2. The van der Waals surface area contributed by atoms with Gasteiger partial charge in [-0.3, -0.25) is 4.79 Å². The molecule has 0 aliphatic carbocycles. The predicted molar refractivity (Wildman–Crippen MR) is 139 cm³/mol. The third kappa shape index (κ3) is 4.36. The lowest BCUT2D eigenvalue weighted by Crippen LogP contribution is -2.15. The Balaban J connectivity index is 1.47. The topological polar surface area (TPSA) is 74.7 Å². The molecular weight excluding hydrogens is 454 g/mol. The molecule has 5 aromatic rings. The SMILES string of the molecule is COc1ccc(-c2cc(C(=O)OCC(=O)c3cccc4ccccc34)c3ccccc3n2)cc1OC. The van der Waals surface area contributed by atoms with Gasteiger partial charge in [-0.25, -0.2) is 9.78 Å². The van der Waals surface area contributed by atoms with Crippen LogP contribution in [-0.2, 0) is 4.74 Å². The quantitative estimate of drug-likeness (QED) is 0.208. The molecule has 0 aliphatic rings. The summed E-state index contributed by atoms with van der Waals surface area (Å²) in [6.45, 7) is -0.366. The third-order valence-corrected chi connectivity index (χ3v) is 6.04. The molecule has 0 bridgehead atoms. The molecule has 1 aromatic heterocycles. The number of hydrogen-bond acceptors (Lipinski definition) is 6. The average Bonchev–Trinajstić information content (AvgIpc) is 2.94. The second-order valence-corrected chi connectivity index (χ2v) is 8.17. The van der Waals surface area contributed by atoms with E-state index >= 15 is 0 Å². The molecule has 178 valence electrons. The van der Waals surface area contributed by atoms with Crippen LogP contribution < -0.4 is 9.47 Å². The van der Waals surface area contributed by atoms with Crippen molar-refractivity contribution >= 4 is 33.4 Å². The number of nitrogens with zero attached hydrogens (tertiary/aromatic N) is 1. The monoisotopic (exact) mass is 477 g/mol. The van der Waals surface area contributed by atoms with Gasteiger partial charge in [0.2, 0.25) is 5.78 Å². The molecule has 6 nitrogen and oxygen atoms in total. The van der Waals surface area contributed by atoms with E-state index in [0.717, 1.165) is 16.3 Å². The van der Waals surface area contributed by atoms with Crippen molar-refractivity contribution in [3.05, 3.63) is 102 Å². The molecule has 0 radical (unpaired) electrons. The van der Waals surface area contributed by atoms with Gasteiger partial charge >= 0.3 is 5.97 Å². The van der Waals surface area contributed by atoms with Gasteiger partial charge in [0.15, 0.2) is 18.1 Å². The normalized spacial score (nSPS) is 10.8. The number of carbonyl (C=O) groups is 2. The summed E-state index contributed by atoms with van der Waals surface area (Å²) in [7, 11) is 3.13. The van der Waals surface area contributed by atoms with Crippen LogP contribution in [0.1, 0.15) is 20.7 Å². The predicted octanol–water partition coefficient (Wildman–Crippen LogP) is 6.11. The Labute approximate surface area is 208 Å². The summed E-state index contributed by atoms with van der Waals surface area (Å²) in [6, 6.07) is 27.6. The standard InChI is InChI=1S/C30H23NO5/c1-34-28-15-14-20(16-29(28)35-2)26-17-24(22-11-5-6-13-25(22)31-26)30(33)36-18-27(32)23-12-7-9-19-8-3-4-10-21(19)23/h3-17H,18H2,1-2H3. The highest BCUT2D eigenvalue weighted by Gasteiger charge is 2.18. The number of Topliss-reactive ketones (excluding diaryl/α,β-unsaturated/α-hetero) is 1. The second-order valence-electron chi connectivity index (χ2n) is 8.17. The van der Waals surface area contributed by atoms with Gasteiger partial charge in [-0.2, -0.15) is 0 Å². The zero-order valence-electron chi connectivity index (χ0n) is 19.9. The minimum absolute atomic E-state index is 0.265. The maximum absolute atomic E-state index is 13.2. The highest BCUT2D eigenvalue weighted by atomic mass is 16.5. The Morgan fingerprint density at radius 3 is 2.25 bits per heavy atom. The van der Waals surface area contributed by atoms with Crippen molar-refractivity contribution in [2.24, 2.45) is 0 Å². The fraction of sp³-hybridized carbons (Fsp3) is 0.100. The minimum atomic E-state index is -0.594. The average molecular weight is 478 g/mol. The van der Waals surface area contributed by atoms with E-state index in [1.165, 1.54) is 0 Å². The minimum Gasteiger partial charge on any atom is -0.493 e. The molecule has 1 heterocycles. The first kappa shape index (κ1) is 23.1. The fourth-order valence-electron chi connectivity index (χ4n) is 4.24. The molecule has 0 spiro atoms. The summed E-state index contributed by atoms with van der Waals surface area (Å²) in [5.41, 5.74) is 2.81. The summed E-state index contributed by atoms with van der Waals surface area (Å²) in [6.07, 6.45) is 0. The maximum Gasteiger partial charge on any atom is 0.339 e. The lowest BCUT2D eigenvalue weighted by molar-refractivity contribution is 0.0477. The molecule has 0 saturated carbocycles. The molecule has 0 amide bonds. The van der Waals surface area contributed by atoms with Crippen LogP contribution in [0, 0.1) is 0 Å². The van der Waals surface area contributed by atoms with Crippen molar-refractivity contribution in [2.75, 3.05) is 20.8 Å². The number of methoxy groups -OCH3 is 2. The van der Waals surface area contributed by atoms with E-state index in [1.54, 1.807) is 38.5 Å². The van der Waals surface area contributed by atoms with Crippen LogP contribution in [0.5, 0.6) is 11.5 Å². The number of benzene rings is 4. The van der Waals surface area contributed by atoms with Gasteiger partial charge in [0, 0.05) is 16.5 Å². The van der Waals surface area contributed by atoms with Crippen LogP contribution in [0.25, 0.3) is 32.9 Å².